The van der Waals surface area contributed by atoms with Crippen LogP contribution in [0.4, 0.5) is 0 Å². The van der Waals surface area contributed by atoms with Gasteiger partial charge in [-0.2, -0.15) is 0 Å². The summed E-state index contributed by atoms with van der Waals surface area (Å²) in [5.74, 6) is 0.822. The zero-order valence-electron chi connectivity index (χ0n) is 9.56. The van der Waals surface area contributed by atoms with E-state index in [1.807, 2.05) is 48.5 Å². The first-order valence-electron chi connectivity index (χ1n) is 5.36. The monoisotopic (exact) mass is 291 g/mol. The van der Waals surface area contributed by atoms with Gasteiger partial charge in [0, 0.05) is 10.0 Å². The van der Waals surface area contributed by atoms with E-state index in [4.69, 9.17) is 10.5 Å². The maximum absolute atomic E-state index is 6.25. The van der Waals surface area contributed by atoms with Gasteiger partial charge in [-0.25, -0.2) is 0 Å². The van der Waals surface area contributed by atoms with Gasteiger partial charge in [0.25, 0.3) is 0 Å². The summed E-state index contributed by atoms with van der Waals surface area (Å²) in [6.07, 6.45) is 0. The second-order valence-corrected chi connectivity index (χ2v) is 4.69. The number of para-hydroxylation sites is 1. The lowest BCUT2D eigenvalue weighted by Gasteiger charge is -2.16. The Hall–Kier alpha value is -1.32. The summed E-state index contributed by atoms with van der Waals surface area (Å²) in [7, 11) is 1.66. The van der Waals surface area contributed by atoms with Crippen molar-refractivity contribution in [3.8, 4) is 5.75 Å². The number of nitrogens with two attached hydrogens (primary N) is 1. The molecule has 1 atom stereocenters. The van der Waals surface area contributed by atoms with Crippen LogP contribution in [0.2, 0.25) is 0 Å². The largest absolute Gasteiger partial charge is 0.496 e. The van der Waals surface area contributed by atoms with Crippen molar-refractivity contribution in [3.05, 3.63) is 64.1 Å². The summed E-state index contributed by atoms with van der Waals surface area (Å²) in [4.78, 5) is 0. The molecule has 0 spiro atoms. The quantitative estimate of drug-likeness (QED) is 0.939. The van der Waals surface area contributed by atoms with Crippen molar-refractivity contribution in [3.63, 3.8) is 0 Å². The van der Waals surface area contributed by atoms with Gasteiger partial charge in [-0.1, -0.05) is 46.3 Å². The molecule has 0 radical (unpaired) electrons. The van der Waals surface area contributed by atoms with Crippen LogP contribution in [-0.2, 0) is 0 Å². The summed E-state index contributed by atoms with van der Waals surface area (Å²) in [6.45, 7) is 0. The Morgan fingerprint density at radius 2 is 1.71 bits per heavy atom. The lowest BCUT2D eigenvalue weighted by Crippen LogP contribution is -2.12. The van der Waals surface area contributed by atoms with E-state index in [1.54, 1.807) is 7.11 Å². The fourth-order valence-electron chi connectivity index (χ4n) is 1.77. The van der Waals surface area contributed by atoms with Crippen LogP contribution in [0, 0.1) is 0 Å². The van der Waals surface area contributed by atoms with Crippen molar-refractivity contribution in [2.45, 2.75) is 6.04 Å². The van der Waals surface area contributed by atoms with Crippen molar-refractivity contribution in [2.24, 2.45) is 5.73 Å². The van der Waals surface area contributed by atoms with Crippen molar-refractivity contribution < 1.29 is 4.74 Å². The molecule has 17 heavy (non-hydrogen) atoms. The van der Waals surface area contributed by atoms with Crippen molar-refractivity contribution in [1.29, 1.82) is 0 Å². The molecule has 0 aliphatic heterocycles. The third-order valence-electron chi connectivity index (χ3n) is 2.70. The molecule has 2 aromatic carbocycles. The van der Waals surface area contributed by atoms with Gasteiger partial charge in [0.15, 0.2) is 0 Å². The molecule has 0 fully saturated rings. The van der Waals surface area contributed by atoms with Gasteiger partial charge < -0.3 is 10.5 Å². The molecule has 2 aromatic rings. The van der Waals surface area contributed by atoms with E-state index in [0.717, 1.165) is 21.3 Å². The molecular weight excluding hydrogens is 278 g/mol. The molecule has 0 saturated carbocycles. The molecular formula is C14H14BrNO. The number of ether oxygens (including phenoxy) is 1. The molecule has 88 valence electrons. The Labute approximate surface area is 110 Å². The highest BCUT2D eigenvalue weighted by molar-refractivity contribution is 9.10. The predicted molar refractivity (Wildman–Crippen MR) is 73.2 cm³/mol. The lowest BCUT2D eigenvalue weighted by atomic mass is 9.99. The van der Waals surface area contributed by atoms with Crippen LogP contribution in [0.5, 0.6) is 5.75 Å². The van der Waals surface area contributed by atoms with Crippen LogP contribution in [0.1, 0.15) is 17.2 Å². The Morgan fingerprint density at radius 1 is 1.06 bits per heavy atom. The number of halogens is 1. The third kappa shape index (κ3) is 2.68. The Kier molecular flexibility index (Phi) is 3.82. The van der Waals surface area contributed by atoms with Gasteiger partial charge in [-0.15, -0.1) is 0 Å². The minimum Gasteiger partial charge on any atom is -0.496 e. The van der Waals surface area contributed by atoms with Crippen LogP contribution in [0.3, 0.4) is 0 Å². The molecule has 2 nitrogen and oxygen atoms in total. The van der Waals surface area contributed by atoms with E-state index < -0.39 is 0 Å². The molecule has 0 amide bonds. The van der Waals surface area contributed by atoms with Gasteiger partial charge >= 0.3 is 0 Å². The molecule has 0 aliphatic carbocycles. The molecule has 0 aromatic heterocycles. The van der Waals surface area contributed by atoms with Gasteiger partial charge in [-0.05, 0) is 23.8 Å². The minimum atomic E-state index is -0.167. The lowest BCUT2D eigenvalue weighted by molar-refractivity contribution is 0.408. The number of rotatable bonds is 3. The van der Waals surface area contributed by atoms with Gasteiger partial charge in [0.2, 0.25) is 0 Å². The normalized spacial score (nSPS) is 12.2. The predicted octanol–water partition coefficient (Wildman–Crippen LogP) is 3.51. The number of benzene rings is 2. The average Bonchev–Trinajstić information content (AvgIpc) is 2.39. The highest BCUT2D eigenvalue weighted by atomic mass is 79.9. The second kappa shape index (κ2) is 5.34. The summed E-state index contributed by atoms with van der Waals surface area (Å²) < 4.78 is 6.37. The van der Waals surface area contributed by atoms with E-state index in [2.05, 4.69) is 15.9 Å². The summed E-state index contributed by atoms with van der Waals surface area (Å²) in [5.41, 5.74) is 8.31. The molecule has 0 bridgehead atoms. The fourth-order valence-corrected chi connectivity index (χ4v) is 2.04. The van der Waals surface area contributed by atoms with Crippen molar-refractivity contribution in [1.82, 2.24) is 0 Å². The van der Waals surface area contributed by atoms with Crippen molar-refractivity contribution >= 4 is 15.9 Å². The molecule has 1 unspecified atom stereocenters. The smallest absolute Gasteiger partial charge is 0.123 e. The third-order valence-corrected chi connectivity index (χ3v) is 3.23. The Bertz CT molecular complexity index is 496. The minimum absolute atomic E-state index is 0.167. The molecule has 2 N–H and O–H groups in total. The first-order chi connectivity index (χ1) is 8.22. The van der Waals surface area contributed by atoms with E-state index in [1.165, 1.54) is 0 Å². The molecule has 0 heterocycles. The first-order valence-corrected chi connectivity index (χ1v) is 6.15. The van der Waals surface area contributed by atoms with Crippen LogP contribution in [0.25, 0.3) is 0 Å². The van der Waals surface area contributed by atoms with Crippen molar-refractivity contribution in [2.75, 3.05) is 7.11 Å². The van der Waals surface area contributed by atoms with E-state index >= 15 is 0 Å². The summed E-state index contributed by atoms with van der Waals surface area (Å²) in [6, 6.07) is 15.7. The summed E-state index contributed by atoms with van der Waals surface area (Å²) >= 11 is 3.41. The SMILES string of the molecule is COc1ccccc1C(N)c1ccc(Br)cc1. The zero-order valence-corrected chi connectivity index (χ0v) is 11.1. The summed E-state index contributed by atoms with van der Waals surface area (Å²) in [5, 5.41) is 0. The molecule has 0 saturated heterocycles. The average molecular weight is 292 g/mol. The van der Waals surface area contributed by atoms with Crippen LogP contribution < -0.4 is 10.5 Å². The standard InChI is InChI=1S/C14H14BrNO/c1-17-13-5-3-2-4-12(13)14(16)10-6-8-11(15)9-7-10/h2-9,14H,16H2,1H3. The first kappa shape index (κ1) is 12.1. The van der Waals surface area contributed by atoms with E-state index in [0.29, 0.717) is 0 Å². The molecule has 3 heteroatoms. The Balaban J connectivity index is 2.36. The van der Waals surface area contributed by atoms with E-state index in [9.17, 15) is 0 Å². The molecule has 0 aliphatic rings. The van der Waals surface area contributed by atoms with Gasteiger partial charge in [0.1, 0.15) is 5.75 Å². The zero-order chi connectivity index (χ0) is 12.3. The maximum Gasteiger partial charge on any atom is 0.123 e. The number of hydrogen-bond donors (Lipinski definition) is 1. The van der Waals surface area contributed by atoms with Gasteiger partial charge in [-0.3, -0.25) is 0 Å². The highest BCUT2D eigenvalue weighted by Crippen LogP contribution is 2.28. The second-order valence-electron chi connectivity index (χ2n) is 3.77. The topological polar surface area (TPSA) is 35.2 Å². The van der Waals surface area contributed by atoms with E-state index in [-0.39, 0.29) is 6.04 Å². The highest BCUT2D eigenvalue weighted by Gasteiger charge is 2.12. The van der Waals surface area contributed by atoms with Crippen LogP contribution in [-0.4, -0.2) is 7.11 Å². The number of hydrogen-bond acceptors (Lipinski definition) is 2. The van der Waals surface area contributed by atoms with Crippen LogP contribution in [0.15, 0.2) is 53.0 Å². The number of methoxy groups -OCH3 is 1. The Morgan fingerprint density at radius 3 is 2.35 bits per heavy atom. The maximum atomic E-state index is 6.25. The van der Waals surface area contributed by atoms with Crippen LogP contribution >= 0.6 is 15.9 Å². The fraction of sp³-hybridized carbons (Fsp3) is 0.143. The molecule has 2 rings (SSSR count). The van der Waals surface area contributed by atoms with Gasteiger partial charge in [0.05, 0.1) is 13.2 Å².